The van der Waals surface area contributed by atoms with Crippen LogP contribution in [-0.4, -0.2) is 24.7 Å². The summed E-state index contributed by atoms with van der Waals surface area (Å²) in [5.41, 5.74) is 1.44. The van der Waals surface area contributed by atoms with E-state index < -0.39 is 0 Å². The molecule has 2 aromatic carbocycles. The Labute approximate surface area is 159 Å². The third-order valence-corrected chi connectivity index (χ3v) is 4.99. The van der Waals surface area contributed by atoms with Crippen LogP contribution in [0.4, 0.5) is 4.39 Å². The number of ether oxygens (including phenoxy) is 2. The van der Waals surface area contributed by atoms with Gasteiger partial charge in [-0.2, -0.15) is 4.99 Å². The Balaban J connectivity index is 1.98. The second kappa shape index (κ2) is 8.06. The average Bonchev–Trinajstić information content (AvgIpc) is 2.98. The first-order valence-electron chi connectivity index (χ1n) is 8.06. The Hall–Kier alpha value is -3.11. The van der Waals surface area contributed by atoms with Crippen LogP contribution in [0.25, 0.3) is 10.2 Å². The Kier molecular flexibility index (Phi) is 5.57. The van der Waals surface area contributed by atoms with E-state index in [9.17, 15) is 9.18 Å². The molecule has 3 aromatic rings. The van der Waals surface area contributed by atoms with Crippen LogP contribution in [0.5, 0.6) is 11.5 Å². The highest BCUT2D eigenvalue weighted by Gasteiger charge is 2.12. The van der Waals surface area contributed by atoms with E-state index in [0.29, 0.717) is 26.6 Å². The minimum absolute atomic E-state index is 0.0613. The zero-order chi connectivity index (χ0) is 19.4. The van der Waals surface area contributed by atoms with Gasteiger partial charge in [-0.1, -0.05) is 23.3 Å². The molecular weight excluding hydrogens is 367 g/mol. The van der Waals surface area contributed by atoms with Crippen molar-refractivity contribution in [2.45, 2.75) is 13.0 Å². The molecule has 0 spiro atoms. The van der Waals surface area contributed by atoms with Crippen LogP contribution in [0.3, 0.4) is 0 Å². The molecular formula is C20H17FN2O3S. The maximum Gasteiger partial charge on any atom is 0.252 e. The Bertz CT molecular complexity index is 1110. The fourth-order valence-electron chi connectivity index (χ4n) is 2.68. The second-order valence-corrected chi connectivity index (χ2v) is 6.66. The monoisotopic (exact) mass is 384 g/mol. The molecule has 7 heteroatoms. The second-order valence-electron chi connectivity index (χ2n) is 5.65. The summed E-state index contributed by atoms with van der Waals surface area (Å²) < 4.78 is 26.4. The fraction of sp³-hybridized carbons (Fsp3) is 0.200. The molecule has 0 saturated carbocycles. The number of nitrogens with zero attached hydrogens (tertiary/aromatic N) is 2. The van der Waals surface area contributed by atoms with E-state index in [0.717, 1.165) is 5.52 Å². The van der Waals surface area contributed by atoms with Gasteiger partial charge in [0.2, 0.25) is 0 Å². The highest BCUT2D eigenvalue weighted by atomic mass is 32.1. The fourth-order valence-corrected chi connectivity index (χ4v) is 3.76. The summed E-state index contributed by atoms with van der Waals surface area (Å²) in [5.74, 6) is 3.03. The van der Waals surface area contributed by atoms with Crippen LogP contribution in [0.2, 0.25) is 0 Å². The zero-order valence-electron chi connectivity index (χ0n) is 14.9. The summed E-state index contributed by atoms with van der Waals surface area (Å²) in [5, 5.41) is 0. The minimum Gasteiger partial charge on any atom is -0.497 e. The summed E-state index contributed by atoms with van der Waals surface area (Å²) in [6.07, 6.45) is 5.50. The van der Waals surface area contributed by atoms with Crippen molar-refractivity contribution in [3.8, 4) is 23.8 Å². The number of carbonyl (C=O) groups excluding carboxylic acids is 1. The topological polar surface area (TPSA) is 52.8 Å². The third-order valence-electron chi connectivity index (χ3n) is 3.95. The van der Waals surface area contributed by atoms with E-state index in [1.807, 2.05) is 0 Å². The molecule has 1 heterocycles. The van der Waals surface area contributed by atoms with Crippen molar-refractivity contribution in [3.05, 3.63) is 52.6 Å². The number of amides is 1. The van der Waals surface area contributed by atoms with Crippen LogP contribution in [-0.2, 0) is 17.8 Å². The summed E-state index contributed by atoms with van der Waals surface area (Å²) >= 11 is 1.22. The molecule has 5 nitrogen and oxygen atoms in total. The number of benzene rings is 2. The number of halogens is 1. The van der Waals surface area contributed by atoms with Crippen LogP contribution in [0.15, 0.2) is 41.4 Å². The van der Waals surface area contributed by atoms with Crippen molar-refractivity contribution in [1.29, 1.82) is 0 Å². The van der Waals surface area contributed by atoms with Crippen LogP contribution in [0.1, 0.15) is 5.56 Å². The predicted octanol–water partition coefficient (Wildman–Crippen LogP) is 3.16. The van der Waals surface area contributed by atoms with E-state index in [1.54, 1.807) is 35.9 Å². The molecule has 1 amide bonds. The van der Waals surface area contributed by atoms with Gasteiger partial charge in [0.1, 0.15) is 17.3 Å². The van der Waals surface area contributed by atoms with E-state index in [2.05, 4.69) is 10.9 Å². The van der Waals surface area contributed by atoms with Crippen molar-refractivity contribution in [2.75, 3.05) is 14.2 Å². The summed E-state index contributed by atoms with van der Waals surface area (Å²) in [6.45, 7) is 0.240. The third kappa shape index (κ3) is 4.01. The number of hydrogen-bond acceptors (Lipinski definition) is 4. The first-order valence-corrected chi connectivity index (χ1v) is 8.88. The lowest BCUT2D eigenvalue weighted by Gasteiger charge is -2.08. The SMILES string of the molecule is C#CCn1c(=NC(=O)Cc2ccc(OC)cc2OC)sc2cc(F)ccc21. The standard InChI is InChI=1S/C20H17FN2O3S/c1-4-9-23-16-8-6-14(21)11-18(16)27-20(23)22-19(24)10-13-5-7-15(25-2)12-17(13)26-3/h1,5-8,11-12H,9-10H2,2-3H3. The van der Waals surface area contributed by atoms with Gasteiger partial charge < -0.3 is 14.0 Å². The number of aromatic nitrogens is 1. The van der Waals surface area contributed by atoms with Gasteiger partial charge in [-0.3, -0.25) is 4.79 Å². The largest absolute Gasteiger partial charge is 0.497 e. The Morgan fingerprint density at radius 2 is 2.07 bits per heavy atom. The van der Waals surface area contributed by atoms with E-state index in [1.165, 1.54) is 30.6 Å². The lowest BCUT2D eigenvalue weighted by molar-refractivity contribution is -0.117. The number of rotatable bonds is 5. The number of hydrogen-bond donors (Lipinski definition) is 0. The normalized spacial score (nSPS) is 11.4. The van der Waals surface area contributed by atoms with Gasteiger partial charge in [0.25, 0.3) is 5.91 Å². The molecule has 27 heavy (non-hydrogen) atoms. The summed E-state index contributed by atoms with van der Waals surface area (Å²) in [6, 6.07) is 9.63. The van der Waals surface area contributed by atoms with Crippen molar-refractivity contribution in [3.63, 3.8) is 0 Å². The summed E-state index contributed by atoms with van der Waals surface area (Å²) in [4.78, 5) is 17.2. The Morgan fingerprint density at radius 3 is 2.78 bits per heavy atom. The lowest BCUT2D eigenvalue weighted by Crippen LogP contribution is -2.17. The minimum atomic E-state index is -0.351. The molecule has 1 aromatic heterocycles. The molecule has 0 atom stereocenters. The summed E-state index contributed by atoms with van der Waals surface area (Å²) in [7, 11) is 3.09. The molecule has 138 valence electrons. The average molecular weight is 384 g/mol. The van der Waals surface area contributed by atoms with E-state index >= 15 is 0 Å². The molecule has 3 rings (SSSR count). The van der Waals surface area contributed by atoms with Gasteiger partial charge >= 0.3 is 0 Å². The molecule has 0 unspecified atom stereocenters. The van der Waals surface area contributed by atoms with E-state index in [-0.39, 0.29) is 24.7 Å². The molecule has 0 aliphatic carbocycles. The van der Waals surface area contributed by atoms with Crippen molar-refractivity contribution < 1.29 is 18.7 Å². The molecule has 0 aliphatic rings. The van der Waals surface area contributed by atoms with Crippen LogP contribution >= 0.6 is 11.3 Å². The number of thiazole rings is 1. The molecule has 0 radical (unpaired) electrons. The van der Waals surface area contributed by atoms with Crippen molar-refractivity contribution >= 4 is 27.5 Å². The number of terminal acetylenes is 1. The molecule has 0 fully saturated rings. The van der Waals surface area contributed by atoms with Gasteiger partial charge in [0, 0.05) is 11.6 Å². The zero-order valence-corrected chi connectivity index (χ0v) is 15.7. The van der Waals surface area contributed by atoms with Gasteiger partial charge in [-0.15, -0.1) is 6.42 Å². The van der Waals surface area contributed by atoms with Crippen LogP contribution in [0, 0.1) is 18.2 Å². The van der Waals surface area contributed by atoms with Gasteiger partial charge in [0.15, 0.2) is 4.80 Å². The molecule has 0 bridgehead atoms. The molecule has 0 aliphatic heterocycles. The highest BCUT2D eigenvalue weighted by Crippen LogP contribution is 2.25. The predicted molar refractivity (Wildman–Crippen MR) is 102 cm³/mol. The van der Waals surface area contributed by atoms with Crippen molar-refractivity contribution in [2.24, 2.45) is 4.99 Å². The number of fused-ring (bicyclic) bond motifs is 1. The van der Waals surface area contributed by atoms with Gasteiger partial charge in [-0.05, 0) is 24.3 Å². The smallest absolute Gasteiger partial charge is 0.252 e. The maximum atomic E-state index is 13.5. The first kappa shape index (κ1) is 18.7. The quantitative estimate of drug-likeness (QED) is 0.635. The number of methoxy groups -OCH3 is 2. The van der Waals surface area contributed by atoms with Crippen molar-refractivity contribution in [1.82, 2.24) is 4.57 Å². The van der Waals surface area contributed by atoms with E-state index in [4.69, 9.17) is 15.9 Å². The Morgan fingerprint density at radius 1 is 1.26 bits per heavy atom. The molecule has 0 N–H and O–H groups in total. The van der Waals surface area contributed by atoms with Crippen LogP contribution < -0.4 is 14.3 Å². The maximum absolute atomic E-state index is 13.5. The highest BCUT2D eigenvalue weighted by molar-refractivity contribution is 7.16. The van der Waals surface area contributed by atoms with Gasteiger partial charge in [0.05, 0.1) is 37.4 Å². The molecule has 0 saturated heterocycles. The van der Waals surface area contributed by atoms with Gasteiger partial charge in [-0.25, -0.2) is 4.39 Å². The number of carbonyl (C=O) groups is 1. The lowest BCUT2D eigenvalue weighted by atomic mass is 10.1. The first-order chi connectivity index (χ1) is 13.0.